The number of hydrogen-bond donors (Lipinski definition) is 1. The van der Waals surface area contributed by atoms with Gasteiger partial charge >= 0.3 is 6.18 Å². The standard InChI is InChI=1S/C14H20F3N/c1-3-7-11(8-4-2)18-13-10-6-5-9-12(13)14(15,16)17/h5-6,9-11,18H,3-4,7-8H2,1-2H3. The number of anilines is 1. The molecular weight excluding hydrogens is 239 g/mol. The molecule has 102 valence electrons. The van der Waals surface area contributed by atoms with Crippen LogP contribution in [-0.2, 0) is 6.18 Å². The minimum Gasteiger partial charge on any atom is -0.382 e. The number of nitrogens with one attached hydrogen (secondary N) is 1. The van der Waals surface area contributed by atoms with Gasteiger partial charge in [0.1, 0.15) is 0 Å². The summed E-state index contributed by atoms with van der Waals surface area (Å²) in [6.07, 6.45) is -0.593. The molecule has 0 aliphatic carbocycles. The molecule has 0 aliphatic heterocycles. The van der Waals surface area contributed by atoms with Gasteiger partial charge in [-0.25, -0.2) is 0 Å². The molecule has 0 fully saturated rings. The lowest BCUT2D eigenvalue weighted by molar-refractivity contribution is -0.137. The third-order valence-corrected chi connectivity index (χ3v) is 2.87. The topological polar surface area (TPSA) is 12.0 Å². The van der Waals surface area contributed by atoms with Crippen LogP contribution in [-0.4, -0.2) is 6.04 Å². The van der Waals surface area contributed by atoms with Crippen molar-refractivity contribution in [3.63, 3.8) is 0 Å². The first-order chi connectivity index (χ1) is 8.49. The molecule has 0 heterocycles. The van der Waals surface area contributed by atoms with E-state index < -0.39 is 11.7 Å². The maximum Gasteiger partial charge on any atom is 0.418 e. The summed E-state index contributed by atoms with van der Waals surface area (Å²) in [5.41, 5.74) is -0.390. The highest BCUT2D eigenvalue weighted by Gasteiger charge is 2.33. The Hall–Kier alpha value is -1.19. The molecule has 0 atom stereocenters. The second-order valence-electron chi connectivity index (χ2n) is 4.46. The van der Waals surface area contributed by atoms with Crippen LogP contribution < -0.4 is 5.32 Å². The Morgan fingerprint density at radius 1 is 1.06 bits per heavy atom. The van der Waals surface area contributed by atoms with Gasteiger partial charge in [-0.15, -0.1) is 0 Å². The van der Waals surface area contributed by atoms with Crippen LogP contribution in [0.1, 0.15) is 45.1 Å². The highest BCUT2D eigenvalue weighted by molar-refractivity contribution is 5.53. The largest absolute Gasteiger partial charge is 0.418 e. The summed E-state index contributed by atoms with van der Waals surface area (Å²) in [5.74, 6) is 0. The zero-order valence-corrected chi connectivity index (χ0v) is 10.8. The average Bonchev–Trinajstić information content (AvgIpc) is 2.29. The van der Waals surface area contributed by atoms with Crippen molar-refractivity contribution in [1.82, 2.24) is 0 Å². The zero-order valence-electron chi connectivity index (χ0n) is 10.8. The SMILES string of the molecule is CCCC(CCC)Nc1ccccc1C(F)(F)F. The molecule has 4 heteroatoms. The zero-order chi connectivity index (χ0) is 13.6. The monoisotopic (exact) mass is 259 g/mol. The van der Waals surface area contributed by atoms with Crippen LogP contribution >= 0.6 is 0 Å². The molecule has 0 saturated carbocycles. The molecule has 0 unspecified atom stereocenters. The molecule has 0 aromatic heterocycles. The van der Waals surface area contributed by atoms with E-state index in [1.165, 1.54) is 12.1 Å². The first kappa shape index (κ1) is 14.9. The second kappa shape index (κ2) is 6.66. The molecule has 0 saturated heterocycles. The summed E-state index contributed by atoms with van der Waals surface area (Å²) in [7, 11) is 0. The minimum atomic E-state index is -4.30. The maximum absolute atomic E-state index is 12.8. The number of rotatable bonds is 6. The fraction of sp³-hybridized carbons (Fsp3) is 0.571. The van der Waals surface area contributed by atoms with Crippen molar-refractivity contribution in [2.45, 2.75) is 51.7 Å². The lowest BCUT2D eigenvalue weighted by atomic mass is 10.0. The quantitative estimate of drug-likeness (QED) is 0.750. The Morgan fingerprint density at radius 3 is 2.11 bits per heavy atom. The Labute approximate surface area is 106 Å². The smallest absolute Gasteiger partial charge is 0.382 e. The van der Waals surface area contributed by atoms with Gasteiger partial charge in [0.2, 0.25) is 0 Å². The number of para-hydroxylation sites is 1. The lowest BCUT2D eigenvalue weighted by Gasteiger charge is -2.21. The molecule has 1 nitrogen and oxygen atoms in total. The highest BCUT2D eigenvalue weighted by Crippen LogP contribution is 2.35. The first-order valence-electron chi connectivity index (χ1n) is 6.41. The van der Waals surface area contributed by atoms with Gasteiger partial charge in [-0.05, 0) is 25.0 Å². The highest BCUT2D eigenvalue weighted by atomic mass is 19.4. The predicted octanol–water partition coefficient (Wildman–Crippen LogP) is 5.09. The Balaban J connectivity index is 2.88. The molecule has 0 bridgehead atoms. The van der Waals surface area contributed by atoms with E-state index in [0.29, 0.717) is 0 Å². The fourth-order valence-electron chi connectivity index (χ4n) is 2.06. The predicted molar refractivity (Wildman–Crippen MR) is 68.7 cm³/mol. The third-order valence-electron chi connectivity index (χ3n) is 2.87. The lowest BCUT2D eigenvalue weighted by Crippen LogP contribution is -2.21. The van der Waals surface area contributed by atoms with Crippen LogP contribution in [0, 0.1) is 0 Å². The van der Waals surface area contributed by atoms with E-state index in [9.17, 15) is 13.2 Å². The summed E-state index contributed by atoms with van der Waals surface area (Å²) in [6, 6.07) is 5.79. The van der Waals surface area contributed by atoms with Crippen molar-refractivity contribution in [2.75, 3.05) is 5.32 Å². The average molecular weight is 259 g/mol. The number of benzene rings is 1. The van der Waals surface area contributed by atoms with Gasteiger partial charge in [0.05, 0.1) is 5.56 Å². The van der Waals surface area contributed by atoms with Crippen molar-refractivity contribution < 1.29 is 13.2 Å². The van der Waals surface area contributed by atoms with Crippen LogP contribution in [0.5, 0.6) is 0 Å². The van der Waals surface area contributed by atoms with E-state index in [2.05, 4.69) is 5.32 Å². The summed E-state index contributed by atoms with van der Waals surface area (Å²) in [6.45, 7) is 4.08. The third kappa shape index (κ3) is 4.24. The van der Waals surface area contributed by atoms with Crippen molar-refractivity contribution in [3.05, 3.63) is 29.8 Å². The van der Waals surface area contributed by atoms with E-state index >= 15 is 0 Å². The molecule has 0 amide bonds. The van der Waals surface area contributed by atoms with Gasteiger partial charge in [0.25, 0.3) is 0 Å². The number of alkyl halides is 3. The molecule has 1 aromatic rings. The van der Waals surface area contributed by atoms with Crippen molar-refractivity contribution in [1.29, 1.82) is 0 Å². The van der Waals surface area contributed by atoms with Crippen molar-refractivity contribution in [3.8, 4) is 0 Å². The Bertz CT molecular complexity index is 354. The van der Waals surface area contributed by atoms with Crippen LogP contribution in [0.3, 0.4) is 0 Å². The number of hydrogen-bond acceptors (Lipinski definition) is 1. The fourth-order valence-corrected chi connectivity index (χ4v) is 2.06. The summed E-state index contributed by atoms with van der Waals surface area (Å²) in [5, 5.41) is 3.04. The normalized spacial score (nSPS) is 11.9. The molecule has 1 rings (SSSR count). The van der Waals surface area contributed by atoms with Crippen LogP contribution in [0.15, 0.2) is 24.3 Å². The Morgan fingerprint density at radius 2 is 1.61 bits per heavy atom. The van der Waals surface area contributed by atoms with Crippen LogP contribution in [0.4, 0.5) is 18.9 Å². The van der Waals surface area contributed by atoms with Gasteiger partial charge in [-0.3, -0.25) is 0 Å². The summed E-state index contributed by atoms with van der Waals surface area (Å²) >= 11 is 0. The van der Waals surface area contributed by atoms with E-state index in [0.717, 1.165) is 31.7 Å². The van der Waals surface area contributed by atoms with Gasteiger partial charge in [-0.2, -0.15) is 13.2 Å². The molecule has 1 N–H and O–H groups in total. The van der Waals surface area contributed by atoms with Gasteiger partial charge in [0.15, 0.2) is 0 Å². The van der Waals surface area contributed by atoms with Gasteiger partial charge < -0.3 is 5.32 Å². The second-order valence-corrected chi connectivity index (χ2v) is 4.46. The van der Waals surface area contributed by atoms with Gasteiger partial charge in [0, 0.05) is 11.7 Å². The molecule has 0 spiro atoms. The maximum atomic E-state index is 12.8. The summed E-state index contributed by atoms with van der Waals surface area (Å²) < 4.78 is 38.5. The molecular formula is C14H20F3N. The van der Waals surface area contributed by atoms with E-state index in [1.54, 1.807) is 6.07 Å². The molecule has 18 heavy (non-hydrogen) atoms. The molecule has 0 radical (unpaired) electrons. The van der Waals surface area contributed by atoms with Gasteiger partial charge in [-0.1, -0.05) is 38.8 Å². The van der Waals surface area contributed by atoms with E-state index in [1.807, 2.05) is 13.8 Å². The van der Waals surface area contributed by atoms with Crippen molar-refractivity contribution in [2.24, 2.45) is 0 Å². The molecule has 1 aromatic carbocycles. The van der Waals surface area contributed by atoms with Crippen LogP contribution in [0.25, 0.3) is 0 Å². The van der Waals surface area contributed by atoms with E-state index in [-0.39, 0.29) is 11.7 Å². The number of halogens is 3. The van der Waals surface area contributed by atoms with Crippen molar-refractivity contribution >= 4 is 5.69 Å². The first-order valence-corrected chi connectivity index (χ1v) is 6.41. The summed E-state index contributed by atoms with van der Waals surface area (Å²) in [4.78, 5) is 0. The van der Waals surface area contributed by atoms with Crippen LogP contribution in [0.2, 0.25) is 0 Å². The minimum absolute atomic E-state index is 0.114. The molecule has 0 aliphatic rings. The van der Waals surface area contributed by atoms with E-state index in [4.69, 9.17) is 0 Å². The Kier molecular flexibility index (Phi) is 5.51.